The molecule has 10 heavy (non-hydrogen) atoms. The van der Waals surface area contributed by atoms with Gasteiger partial charge in [-0.25, -0.2) is 0 Å². The zero-order valence-corrected chi connectivity index (χ0v) is 9.71. The number of hydrogen-bond donors (Lipinski definition) is 0. The molecule has 0 N–H and O–H groups in total. The van der Waals surface area contributed by atoms with E-state index in [9.17, 15) is 0 Å². The molecule has 0 amide bonds. The Hall–Kier alpha value is 0.820. The summed E-state index contributed by atoms with van der Waals surface area (Å²) in [5.41, 5.74) is 0. The van der Waals surface area contributed by atoms with Crippen molar-refractivity contribution < 1.29 is 0 Å². The third-order valence-corrected chi connectivity index (χ3v) is 5.99. The minimum absolute atomic E-state index is 0.119. The van der Waals surface area contributed by atoms with E-state index in [-0.39, 0.29) is 16.1 Å². The van der Waals surface area contributed by atoms with Crippen LogP contribution in [0.1, 0.15) is 13.8 Å². The van der Waals surface area contributed by atoms with Crippen molar-refractivity contribution in [2.24, 2.45) is 0 Å². The van der Waals surface area contributed by atoms with Crippen molar-refractivity contribution in [3.05, 3.63) is 0 Å². The predicted molar refractivity (Wildman–Crippen MR) is 54.5 cm³/mol. The molecule has 0 aliphatic rings. The molecule has 0 aliphatic carbocycles. The number of hydrogen-bond acceptors (Lipinski definition) is 1. The zero-order chi connectivity index (χ0) is 8.31. The second-order valence-electron chi connectivity index (χ2n) is 3.11. The molecule has 0 fully saturated rings. The van der Waals surface area contributed by atoms with Gasteiger partial charge in [-0.05, 0) is 56.7 Å². The first-order valence-corrected chi connectivity index (χ1v) is 7.98. The highest BCUT2D eigenvalue weighted by atomic mass is 31.2. The molecule has 0 atom stereocenters. The van der Waals surface area contributed by atoms with E-state index in [0.717, 1.165) is 6.04 Å². The molecule has 0 spiro atoms. The molecular formula is C7H19NP2. The normalized spacial score (nSPS) is 12.6. The van der Waals surface area contributed by atoms with E-state index in [4.69, 9.17) is 0 Å². The van der Waals surface area contributed by atoms with E-state index in [2.05, 4.69) is 44.9 Å². The van der Waals surface area contributed by atoms with Crippen LogP contribution in [0.4, 0.5) is 0 Å². The summed E-state index contributed by atoms with van der Waals surface area (Å²) >= 11 is 0. The summed E-state index contributed by atoms with van der Waals surface area (Å²) in [4.78, 5) is 0. The van der Waals surface area contributed by atoms with Gasteiger partial charge in [0.2, 0.25) is 0 Å². The fourth-order valence-corrected chi connectivity index (χ4v) is 5.99. The third kappa shape index (κ3) is 3.28. The molecule has 0 unspecified atom stereocenters. The second-order valence-corrected chi connectivity index (χ2v) is 7.67. The average molecular weight is 179 g/mol. The minimum Gasteiger partial charge on any atom is -0.259 e. The van der Waals surface area contributed by atoms with Crippen LogP contribution in [0, 0.1) is 0 Å². The van der Waals surface area contributed by atoms with E-state index in [1.165, 1.54) is 0 Å². The Morgan fingerprint density at radius 1 is 0.900 bits per heavy atom. The van der Waals surface area contributed by atoms with E-state index < -0.39 is 0 Å². The molecule has 0 aromatic rings. The Morgan fingerprint density at radius 2 is 1.20 bits per heavy atom. The molecule has 0 saturated carbocycles. The molecular weight excluding hydrogens is 160 g/mol. The van der Waals surface area contributed by atoms with Crippen LogP contribution in [0.2, 0.25) is 0 Å². The highest BCUT2D eigenvalue weighted by Crippen LogP contribution is 2.49. The summed E-state index contributed by atoms with van der Waals surface area (Å²) < 4.78 is 2.63. The SMILES string of the molecule is CC(C)N(P(C)C)P(C)C. The lowest BCUT2D eigenvalue weighted by Crippen LogP contribution is -2.19. The van der Waals surface area contributed by atoms with Gasteiger partial charge in [0.1, 0.15) is 0 Å². The molecule has 0 saturated heterocycles. The van der Waals surface area contributed by atoms with Crippen LogP contribution in [0.3, 0.4) is 0 Å². The Morgan fingerprint density at radius 3 is 1.20 bits per heavy atom. The fourth-order valence-electron chi connectivity index (χ4n) is 1.28. The third-order valence-electron chi connectivity index (χ3n) is 1.28. The van der Waals surface area contributed by atoms with E-state index in [1.807, 2.05) is 0 Å². The minimum atomic E-state index is 0.119. The monoisotopic (exact) mass is 179 g/mol. The fraction of sp³-hybridized carbons (Fsp3) is 1.00. The van der Waals surface area contributed by atoms with Crippen molar-refractivity contribution >= 4 is 16.1 Å². The Bertz CT molecular complexity index is 72.6. The first kappa shape index (κ1) is 10.8. The Kier molecular flexibility index (Phi) is 5.03. The highest BCUT2D eigenvalue weighted by Gasteiger charge is 2.15. The maximum Gasteiger partial charge on any atom is 0.0118 e. The van der Waals surface area contributed by atoms with Gasteiger partial charge >= 0.3 is 0 Å². The lowest BCUT2D eigenvalue weighted by atomic mass is 10.4. The van der Waals surface area contributed by atoms with Crippen molar-refractivity contribution in [3.8, 4) is 0 Å². The quantitative estimate of drug-likeness (QED) is 0.602. The summed E-state index contributed by atoms with van der Waals surface area (Å²) in [5, 5.41) is 0. The Balaban J connectivity index is 3.98. The van der Waals surface area contributed by atoms with Gasteiger partial charge in [0.15, 0.2) is 0 Å². The average Bonchev–Trinajstić information content (AvgIpc) is 1.59. The largest absolute Gasteiger partial charge is 0.259 e. The highest BCUT2D eigenvalue weighted by molar-refractivity contribution is 7.68. The summed E-state index contributed by atoms with van der Waals surface area (Å²) in [6.45, 7) is 13.9. The molecule has 0 radical (unpaired) electrons. The van der Waals surface area contributed by atoms with E-state index in [0.29, 0.717) is 0 Å². The van der Waals surface area contributed by atoms with Gasteiger partial charge < -0.3 is 0 Å². The van der Waals surface area contributed by atoms with Crippen LogP contribution in [-0.2, 0) is 0 Å². The number of nitrogens with zero attached hydrogens (tertiary/aromatic N) is 1. The topological polar surface area (TPSA) is 3.24 Å². The van der Waals surface area contributed by atoms with Gasteiger partial charge in [-0.3, -0.25) is 4.44 Å². The molecule has 0 aromatic heterocycles. The van der Waals surface area contributed by atoms with Crippen molar-refractivity contribution in [2.45, 2.75) is 19.9 Å². The van der Waals surface area contributed by atoms with Crippen LogP contribution in [0.25, 0.3) is 0 Å². The van der Waals surface area contributed by atoms with E-state index >= 15 is 0 Å². The first-order valence-electron chi connectivity index (χ1n) is 3.60. The second kappa shape index (κ2) is 4.65. The van der Waals surface area contributed by atoms with Gasteiger partial charge in [0, 0.05) is 6.04 Å². The summed E-state index contributed by atoms with van der Waals surface area (Å²) in [6, 6.07) is 0.724. The van der Waals surface area contributed by atoms with Crippen LogP contribution in [-0.4, -0.2) is 37.1 Å². The van der Waals surface area contributed by atoms with Crippen molar-refractivity contribution in [1.29, 1.82) is 0 Å². The smallest absolute Gasteiger partial charge is 0.0118 e. The molecule has 3 heteroatoms. The van der Waals surface area contributed by atoms with Crippen molar-refractivity contribution in [3.63, 3.8) is 0 Å². The maximum atomic E-state index is 2.63. The molecule has 1 nitrogen and oxygen atoms in total. The van der Waals surface area contributed by atoms with Gasteiger partial charge in [-0.2, -0.15) is 0 Å². The van der Waals surface area contributed by atoms with Crippen LogP contribution in [0.5, 0.6) is 0 Å². The van der Waals surface area contributed by atoms with Crippen LogP contribution in [0.15, 0.2) is 0 Å². The number of rotatable bonds is 3. The molecule has 0 heterocycles. The summed E-state index contributed by atoms with van der Waals surface area (Å²) in [6.07, 6.45) is 0. The van der Waals surface area contributed by atoms with Gasteiger partial charge in [0.05, 0.1) is 0 Å². The van der Waals surface area contributed by atoms with Gasteiger partial charge in [0.25, 0.3) is 0 Å². The van der Waals surface area contributed by atoms with Crippen molar-refractivity contribution in [2.75, 3.05) is 26.7 Å². The molecule has 0 rings (SSSR count). The Labute approximate surface area is 67.8 Å². The van der Waals surface area contributed by atoms with Crippen LogP contribution >= 0.6 is 16.1 Å². The first-order chi connectivity index (χ1) is 4.46. The molecule has 0 aliphatic heterocycles. The van der Waals surface area contributed by atoms with Gasteiger partial charge in [-0.15, -0.1) is 0 Å². The molecule has 0 aromatic carbocycles. The lowest BCUT2D eigenvalue weighted by molar-refractivity contribution is 0.577. The van der Waals surface area contributed by atoms with Gasteiger partial charge in [-0.1, -0.05) is 0 Å². The standard InChI is InChI=1S/C7H19NP2/c1-7(2)8(9(3)4)10(5)6/h7H,1-6H3. The van der Waals surface area contributed by atoms with E-state index in [1.54, 1.807) is 0 Å². The maximum absolute atomic E-state index is 2.63. The van der Waals surface area contributed by atoms with Crippen molar-refractivity contribution in [1.82, 2.24) is 4.44 Å². The summed E-state index contributed by atoms with van der Waals surface area (Å²) in [7, 11) is 0.239. The molecule has 0 bridgehead atoms. The predicted octanol–water partition coefficient (Wildman–Crippen LogP) is 3.01. The zero-order valence-electron chi connectivity index (χ0n) is 7.92. The van der Waals surface area contributed by atoms with Crippen LogP contribution < -0.4 is 0 Å². The summed E-state index contributed by atoms with van der Waals surface area (Å²) in [5.74, 6) is 0. The molecule has 62 valence electrons. The lowest BCUT2D eigenvalue weighted by Gasteiger charge is -2.33.